The molecule has 26 heavy (non-hydrogen) atoms. The molecule has 8 heteroatoms. The standard InChI is InChI=1S/C18H18F2N2O3S/c19-13-6-7-17(20)16(12-13)18(23)22-10-8-14(9-11-22)21-26(24,25)15-4-2-1-3-5-15/h1-7,12,14,21H,8-11H2. The van der Waals surface area contributed by atoms with Crippen LogP contribution in [0.15, 0.2) is 53.4 Å². The third kappa shape index (κ3) is 4.08. The maximum atomic E-state index is 13.8. The molecule has 1 aliphatic rings. The van der Waals surface area contributed by atoms with Crippen molar-refractivity contribution in [2.24, 2.45) is 0 Å². The quantitative estimate of drug-likeness (QED) is 0.887. The van der Waals surface area contributed by atoms with Crippen LogP contribution >= 0.6 is 0 Å². The van der Waals surface area contributed by atoms with Crippen molar-refractivity contribution in [2.45, 2.75) is 23.8 Å². The van der Waals surface area contributed by atoms with Gasteiger partial charge in [0.15, 0.2) is 0 Å². The SMILES string of the molecule is O=C(c1cc(F)ccc1F)N1CCC(NS(=O)(=O)c2ccccc2)CC1. The van der Waals surface area contributed by atoms with Crippen molar-refractivity contribution in [1.82, 2.24) is 9.62 Å². The second-order valence-corrected chi connectivity index (χ2v) is 7.84. The molecule has 1 saturated heterocycles. The summed E-state index contributed by atoms with van der Waals surface area (Å²) in [7, 11) is -3.63. The van der Waals surface area contributed by atoms with Crippen LogP contribution in [0.25, 0.3) is 0 Å². The smallest absolute Gasteiger partial charge is 0.256 e. The molecule has 0 aliphatic carbocycles. The van der Waals surface area contributed by atoms with Crippen LogP contribution in [0, 0.1) is 11.6 Å². The van der Waals surface area contributed by atoms with E-state index in [1.165, 1.54) is 17.0 Å². The molecule has 2 aromatic carbocycles. The van der Waals surface area contributed by atoms with Gasteiger partial charge in [-0.2, -0.15) is 0 Å². The number of amides is 1. The minimum atomic E-state index is -3.63. The summed E-state index contributed by atoms with van der Waals surface area (Å²) in [5.41, 5.74) is -0.312. The van der Waals surface area contributed by atoms with Crippen LogP contribution in [0.1, 0.15) is 23.2 Å². The number of benzene rings is 2. The van der Waals surface area contributed by atoms with Crippen LogP contribution < -0.4 is 4.72 Å². The van der Waals surface area contributed by atoms with E-state index in [2.05, 4.69) is 4.72 Å². The lowest BCUT2D eigenvalue weighted by Gasteiger charge is -2.32. The molecule has 0 saturated carbocycles. The summed E-state index contributed by atoms with van der Waals surface area (Å²) >= 11 is 0. The van der Waals surface area contributed by atoms with Gasteiger partial charge in [-0.1, -0.05) is 18.2 Å². The number of halogens is 2. The Labute approximate surface area is 150 Å². The van der Waals surface area contributed by atoms with E-state index < -0.39 is 27.6 Å². The number of hydrogen-bond acceptors (Lipinski definition) is 3. The number of piperidine rings is 1. The van der Waals surface area contributed by atoms with E-state index >= 15 is 0 Å². The summed E-state index contributed by atoms with van der Waals surface area (Å²) in [5, 5.41) is 0. The van der Waals surface area contributed by atoms with Crippen molar-refractivity contribution in [2.75, 3.05) is 13.1 Å². The molecule has 1 aliphatic heterocycles. The fourth-order valence-corrected chi connectivity index (χ4v) is 4.25. The molecule has 1 N–H and O–H groups in total. The number of nitrogens with zero attached hydrogens (tertiary/aromatic N) is 1. The summed E-state index contributed by atoms with van der Waals surface area (Å²) in [4.78, 5) is 14.0. The maximum Gasteiger partial charge on any atom is 0.256 e. The summed E-state index contributed by atoms with van der Waals surface area (Å²) in [5.74, 6) is -2.05. The van der Waals surface area contributed by atoms with E-state index in [1.54, 1.807) is 18.2 Å². The molecule has 0 bridgehead atoms. The lowest BCUT2D eigenvalue weighted by atomic mass is 10.0. The van der Waals surface area contributed by atoms with Gasteiger partial charge in [-0.25, -0.2) is 21.9 Å². The Morgan fingerprint density at radius 1 is 1.04 bits per heavy atom. The van der Waals surface area contributed by atoms with Crippen molar-refractivity contribution in [3.63, 3.8) is 0 Å². The Balaban J connectivity index is 1.62. The molecule has 2 aromatic rings. The molecule has 5 nitrogen and oxygen atoms in total. The first-order valence-electron chi connectivity index (χ1n) is 8.18. The van der Waals surface area contributed by atoms with Gasteiger partial charge in [0.25, 0.3) is 5.91 Å². The molecule has 1 amide bonds. The Bertz CT molecular complexity index is 896. The molecule has 3 rings (SSSR count). The van der Waals surface area contributed by atoms with Crippen molar-refractivity contribution < 1.29 is 22.0 Å². The Morgan fingerprint density at radius 3 is 2.35 bits per heavy atom. The number of carbonyl (C=O) groups excluding carboxylic acids is 1. The summed E-state index contributed by atoms with van der Waals surface area (Å²) < 4.78 is 54.3. The van der Waals surface area contributed by atoms with Gasteiger partial charge in [0.05, 0.1) is 10.5 Å². The van der Waals surface area contributed by atoms with Gasteiger partial charge >= 0.3 is 0 Å². The minimum Gasteiger partial charge on any atom is -0.338 e. The molecule has 0 atom stereocenters. The normalized spacial score (nSPS) is 15.8. The average molecular weight is 380 g/mol. The van der Waals surface area contributed by atoms with E-state index in [0.29, 0.717) is 12.8 Å². The first-order chi connectivity index (χ1) is 12.4. The van der Waals surface area contributed by atoms with Gasteiger partial charge in [-0.05, 0) is 43.2 Å². The molecule has 0 spiro atoms. The molecule has 138 valence electrons. The van der Waals surface area contributed by atoms with Gasteiger partial charge in [-0.15, -0.1) is 0 Å². The average Bonchev–Trinajstić information content (AvgIpc) is 2.64. The molecule has 0 unspecified atom stereocenters. The second-order valence-electron chi connectivity index (χ2n) is 6.12. The van der Waals surface area contributed by atoms with Crippen LogP contribution in [-0.4, -0.2) is 38.4 Å². The molecule has 0 radical (unpaired) electrons. The van der Waals surface area contributed by atoms with E-state index in [4.69, 9.17) is 0 Å². The van der Waals surface area contributed by atoms with Crippen LogP contribution in [0.3, 0.4) is 0 Å². The van der Waals surface area contributed by atoms with Gasteiger partial charge in [0.1, 0.15) is 11.6 Å². The van der Waals surface area contributed by atoms with Crippen molar-refractivity contribution >= 4 is 15.9 Å². The first kappa shape index (κ1) is 18.5. The highest BCUT2D eigenvalue weighted by Gasteiger charge is 2.28. The molecular formula is C18H18F2N2O3S. The summed E-state index contributed by atoms with van der Waals surface area (Å²) in [6.45, 7) is 0.521. The molecular weight excluding hydrogens is 362 g/mol. The minimum absolute atomic E-state index is 0.181. The van der Waals surface area contributed by atoms with Crippen LogP contribution in [0.2, 0.25) is 0 Å². The fraction of sp³-hybridized carbons (Fsp3) is 0.278. The number of carbonyl (C=O) groups is 1. The topological polar surface area (TPSA) is 66.5 Å². The highest BCUT2D eigenvalue weighted by Crippen LogP contribution is 2.18. The fourth-order valence-electron chi connectivity index (χ4n) is 2.92. The van der Waals surface area contributed by atoms with Gasteiger partial charge in [0.2, 0.25) is 10.0 Å². The summed E-state index contributed by atoms with van der Waals surface area (Å²) in [6.07, 6.45) is 0.795. The Hall–Kier alpha value is -2.32. The van der Waals surface area contributed by atoms with E-state index in [0.717, 1.165) is 18.2 Å². The second kappa shape index (κ2) is 7.51. The first-order valence-corrected chi connectivity index (χ1v) is 9.67. The monoisotopic (exact) mass is 380 g/mol. The third-order valence-electron chi connectivity index (χ3n) is 4.32. The zero-order valence-corrected chi connectivity index (χ0v) is 14.7. The Kier molecular flexibility index (Phi) is 5.33. The zero-order chi connectivity index (χ0) is 18.7. The van der Waals surface area contributed by atoms with Crippen LogP contribution in [0.4, 0.5) is 8.78 Å². The van der Waals surface area contributed by atoms with Gasteiger partial charge in [-0.3, -0.25) is 4.79 Å². The van der Waals surface area contributed by atoms with Crippen molar-refractivity contribution in [3.05, 3.63) is 65.7 Å². The lowest BCUT2D eigenvalue weighted by Crippen LogP contribution is -2.46. The van der Waals surface area contributed by atoms with Gasteiger partial charge < -0.3 is 4.90 Å². The molecule has 1 fully saturated rings. The third-order valence-corrected chi connectivity index (χ3v) is 5.85. The zero-order valence-electron chi connectivity index (χ0n) is 13.9. The van der Waals surface area contributed by atoms with E-state index in [1.807, 2.05) is 0 Å². The number of rotatable bonds is 4. The van der Waals surface area contributed by atoms with Crippen molar-refractivity contribution in [3.8, 4) is 0 Å². The number of hydrogen-bond donors (Lipinski definition) is 1. The molecule has 0 aromatic heterocycles. The van der Waals surface area contributed by atoms with E-state index in [-0.39, 0.29) is 29.6 Å². The maximum absolute atomic E-state index is 13.8. The van der Waals surface area contributed by atoms with Gasteiger partial charge in [0, 0.05) is 19.1 Å². The number of likely N-dealkylation sites (tertiary alicyclic amines) is 1. The predicted octanol–water partition coefficient (Wildman–Crippen LogP) is 2.55. The van der Waals surface area contributed by atoms with E-state index in [9.17, 15) is 22.0 Å². The van der Waals surface area contributed by atoms with Crippen LogP contribution in [-0.2, 0) is 10.0 Å². The highest BCUT2D eigenvalue weighted by atomic mass is 32.2. The molecule has 1 heterocycles. The summed E-state index contributed by atoms with van der Waals surface area (Å²) in [6, 6.07) is 10.5. The van der Waals surface area contributed by atoms with Crippen molar-refractivity contribution in [1.29, 1.82) is 0 Å². The number of sulfonamides is 1. The van der Waals surface area contributed by atoms with Crippen LogP contribution in [0.5, 0.6) is 0 Å². The highest BCUT2D eigenvalue weighted by molar-refractivity contribution is 7.89. The largest absolute Gasteiger partial charge is 0.338 e. The number of nitrogens with one attached hydrogen (secondary N) is 1. The Morgan fingerprint density at radius 2 is 1.69 bits per heavy atom. The predicted molar refractivity (Wildman–Crippen MR) is 92.0 cm³/mol. The lowest BCUT2D eigenvalue weighted by molar-refractivity contribution is 0.0706.